The summed E-state index contributed by atoms with van der Waals surface area (Å²) >= 11 is 6.15. The van der Waals surface area contributed by atoms with E-state index in [1.807, 2.05) is 0 Å². The van der Waals surface area contributed by atoms with Gasteiger partial charge < -0.3 is 19.9 Å². The molecule has 0 atom stereocenters. The molecule has 8 heteroatoms. The molecule has 0 aliphatic heterocycles. The summed E-state index contributed by atoms with van der Waals surface area (Å²) in [7, 11) is 2.33. The number of methoxy groups -OCH3 is 2. The lowest BCUT2D eigenvalue weighted by molar-refractivity contribution is -0.138. The predicted molar refractivity (Wildman–Crippen MR) is 84.2 cm³/mol. The van der Waals surface area contributed by atoms with E-state index >= 15 is 0 Å². The van der Waals surface area contributed by atoms with Gasteiger partial charge in [-0.1, -0.05) is 11.6 Å². The number of nitrogens with one attached hydrogen (secondary N) is 1. The number of ether oxygens (including phenoxy) is 2. The molecular formula is C15H13ClN2O5. The van der Waals surface area contributed by atoms with Gasteiger partial charge in [0.25, 0.3) is 0 Å². The van der Waals surface area contributed by atoms with Gasteiger partial charge in [0.2, 0.25) is 0 Å². The average molecular weight is 337 g/mol. The second-order valence-corrected chi connectivity index (χ2v) is 4.76. The zero-order valence-corrected chi connectivity index (χ0v) is 13.0. The minimum atomic E-state index is -0.813. The summed E-state index contributed by atoms with van der Waals surface area (Å²) in [5.41, 5.74) is 0.132. The van der Waals surface area contributed by atoms with E-state index < -0.39 is 11.9 Å². The topological polar surface area (TPSA) is 97.8 Å². The Morgan fingerprint density at radius 3 is 2.74 bits per heavy atom. The van der Waals surface area contributed by atoms with E-state index in [0.29, 0.717) is 10.4 Å². The number of pyridine rings is 1. The largest absolute Gasteiger partial charge is 0.504 e. The lowest BCUT2D eigenvalue weighted by Gasteiger charge is -2.12. The Morgan fingerprint density at radius 1 is 1.35 bits per heavy atom. The third-order valence-corrected chi connectivity index (χ3v) is 3.27. The Bertz CT molecular complexity index is 804. The molecule has 23 heavy (non-hydrogen) atoms. The number of anilines is 1. The van der Waals surface area contributed by atoms with E-state index in [1.54, 1.807) is 12.1 Å². The summed E-state index contributed by atoms with van der Waals surface area (Å²) in [6.45, 7) is 0. The van der Waals surface area contributed by atoms with Gasteiger partial charge in [-0.15, -0.1) is 0 Å². The number of aromatic hydroxyl groups is 1. The van der Waals surface area contributed by atoms with Crippen molar-refractivity contribution in [1.82, 2.24) is 4.98 Å². The number of phenolic OH excluding ortho intramolecular Hbond substituents is 1. The van der Waals surface area contributed by atoms with E-state index in [4.69, 9.17) is 11.6 Å². The van der Waals surface area contributed by atoms with Crippen molar-refractivity contribution in [3.05, 3.63) is 41.2 Å². The van der Waals surface area contributed by atoms with Crippen molar-refractivity contribution in [2.24, 2.45) is 0 Å². The highest BCUT2D eigenvalue weighted by atomic mass is 35.5. The van der Waals surface area contributed by atoms with E-state index in [1.165, 1.54) is 19.4 Å². The zero-order valence-electron chi connectivity index (χ0n) is 12.3. The SMILES string of the molecule is COC(=O)/C=C(/Nc1cc(Cl)c2cccnc2c1O)C(=O)OC. The summed E-state index contributed by atoms with van der Waals surface area (Å²) < 4.78 is 9.05. The van der Waals surface area contributed by atoms with Crippen molar-refractivity contribution in [2.45, 2.75) is 0 Å². The van der Waals surface area contributed by atoms with Crippen LogP contribution in [0.3, 0.4) is 0 Å². The predicted octanol–water partition coefficient (Wildman–Crippen LogP) is 2.24. The summed E-state index contributed by atoms with van der Waals surface area (Å²) in [5, 5.41) is 13.8. The van der Waals surface area contributed by atoms with Gasteiger partial charge in [-0.05, 0) is 18.2 Å². The van der Waals surface area contributed by atoms with Gasteiger partial charge in [0, 0.05) is 11.6 Å². The molecule has 0 aliphatic carbocycles. The number of carbonyl (C=O) groups excluding carboxylic acids is 2. The first-order valence-corrected chi connectivity index (χ1v) is 6.77. The Morgan fingerprint density at radius 2 is 2.09 bits per heavy atom. The molecule has 0 unspecified atom stereocenters. The van der Waals surface area contributed by atoms with Crippen LogP contribution in [0.4, 0.5) is 5.69 Å². The summed E-state index contributed by atoms with van der Waals surface area (Å²) in [5.74, 6) is -1.79. The normalized spacial score (nSPS) is 11.2. The van der Waals surface area contributed by atoms with Crippen LogP contribution in [0.1, 0.15) is 0 Å². The number of esters is 2. The van der Waals surface area contributed by atoms with Crippen LogP contribution in [0, 0.1) is 0 Å². The fraction of sp³-hybridized carbons (Fsp3) is 0.133. The van der Waals surface area contributed by atoms with Gasteiger partial charge in [-0.25, -0.2) is 9.59 Å². The molecule has 2 rings (SSSR count). The second-order valence-electron chi connectivity index (χ2n) is 4.35. The number of hydrogen-bond acceptors (Lipinski definition) is 7. The maximum absolute atomic E-state index is 11.7. The minimum Gasteiger partial charge on any atom is -0.504 e. The summed E-state index contributed by atoms with van der Waals surface area (Å²) in [6, 6.07) is 4.78. The highest BCUT2D eigenvalue weighted by Gasteiger charge is 2.17. The van der Waals surface area contributed by atoms with E-state index in [0.717, 1.165) is 13.2 Å². The first kappa shape index (κ1) is 16.6. The number of aromatic nitrogens is 1. The van der Waals surface area contributed by atoms with Crippen molar-refractivity contribution in [1.29, 1.82) is 0 Å². The number of nitrogens with zero attached hydrogens (tertiary/aromatic N) is 1. The number of halogens is 1. The van der Waals surface area contributed by atoms with Gasteiger partial charge in [-0.2, -0.15) is 0 Å². The molecule has 0 amide bonds. The first-order valence-electron chi connectivity index (χ1n) is 6.39. The van der Waals surface area contributed by atoms with Crippen LogP contribution in [0.2, 0.25) is 5.02 Å². The van der Waals surface area contributed by atoms with Crippen LogP contribution >= 0.6 is 11.6 Å². The number of hydrogen-bond donors (Lipinski definition) is 2. The molecule has 0 saturated carbocycles. The van der Waals surface area contributed by atoms with Crippen LogP contribution in [0.15, 0.2) is 36.2 Å². The first-order chi connectivity index (χ1) is 11.0. The second kappa shape index (κ2) is 6.97. The standard InChI is InChI=1S/C15H13ClN2O5/c1-22-12(19)7-11(15(21)23-2)18-10-6-9(16)8-4-3-5-17-13(8)14(10)20/h3-7,18,20H,1-2H3/b11-7+. The van der Waals surface area contributed by atoms with Crippen LogP contribution in [-0.2, 0) is 19.1 Å². The summed E-state index contributed by atoms with van der Waals surface area (Å²) in [6.07, 6.45) is 2.40. The highest BCUT2D eigenvalue weighted by molar-refractivity contribution is 6.36. The molecule has 0 aliphatic rings. The number of rotatable bonds is 4. The van der Waals surface area contributed by atoms with Gasteiger partial charge >= 0.3 is 11.9 Å². The fourth-order valence-electron chi connectivity index (χ4n) is 1.86. The van der Waals surface area contributed by atoms with E-state index in [2.05, 4.69) is 19.8 Å². The quantitative estimate of drug-likeness (QED) is 0.502. The van der Waals surface area contributed by atoms with E-state index in [-0.39, 0.29) is 22.7 Å². The van der Waals surface area contributed by atoms with Crippen molar-refractivity contribution in [3.8, 4) is 5.75 Å². The van der Waals surface area contributed by atoms with E-state index in [9.17, 15) is 14.7 Å². The molecular weight excluding hydrogens is 324 g/mol. The van der Waals surface area contributed by atoms with Gasteiger partial charge in [0.1, 0.15) is 11.2 Å². The van der Waals surface area contributed by atoms with Crippen molar-refractivity contribution >= 4 is 40.1 Å². The molecule has 0 bridgehead atoms. The molecule has 1 aromatic heterocycles. The zero-order chi connectivity index (χ0) is 17.0. The molecule has 1 aromatic carbocycles. The Balaban J connectivity index is 2.50. The molecule has 0 radical (unpaired) electrons. The molecule has 2 aromatic rings. The summed E-state index contributed by atoms with van der Waals surface area (Å²) in [4.78, 5) is 27.1. The molecule has 0 saturated heterocycles. The third-order valence-electron chi connectivity index (χ3n) is 2.95. The average Bonchev–Trinajstić information content (AvgIpc) is 2.57. The molecule has 7 nitrogen and oxygen atoms in total. The highest BCUT2D eigenvalue weighted by Crippen LogP contribution is 2.36. The lowest BCUT2D eigenvalue weighted by Crippen LogP contribution is -2.15. The maximum Gasteiger partial charge on any atom is 0.354 e. The monoisotopic (exact) mass is 336 g/mol. The lowest BCUT2D eigenvalue weighted by atomic mass is 10.1. The van der Waals surface area contributed by atoms with Crippen molar-refractivity contribution < 1.29 is 24.2 Å². The molecule has 0 spiro atoms. The molecule has 120 valence electrons. The van der Waals surface area contributed by atoms with Crippen molar-refractivity contribution in [2.75, 3.05) is 19.5 Å². The Kier molecular flexibility index (Phi) is 5.02. The van der Waals surface area contributed by atoms with Gasteiger partial charge in [0.05, 0.1) is 31.0 Å². The molecule has 0 fully saturated rings. The fourth-order valence-corrected chi connectivity index (χ4v) is 2.12. The third kappa shape index (κ3) is 3.51. The number of fused-ring (bicyclic) bond motifs is 1. The minimum absolute atomic E-state index is 0.0988. The van der Waals surface area contributed by atoms with Gasteiger partial charge in [0.15, 0.2) is 5.75 Å². The molecule has 2 N–H and O–H groups in total. The van der Waals surface area contributed by atoms with Gasteiger partial charge in [-0.3, -0.25) is 4.98 Å². The smallest absolute Gasteiger partial charge is 0.354 e. The maximum atomic E-state index is 11.7. The van der Waals surface area contributed by atoms with Crippen LogP contribution in [-0.4, -0.2) is 36.2 Å². The van der Waals surface area contributed by atoms with Crippen molar-refractivity contribution in [3.63, 3.8) is 0 Å². The number of carbonyl (C=O) groups is 2. The number of phenols is 1. The van der Waals surface area contributed by atoms with Crippen LogP contribution in [0.5, 0.6) is 5.75 Å². The molecule has 1 heterocycles. The van der Waals surface area contributed by atoms with Crippen LogP contribution in [0.25, 0.3) is 10.9 Å². The van der Waals surface area contributed by atoms with Crippen LogP contribution < -0.4 is 5.32 Å². The Labute approximate surface area is 136 Å². The number of benzene rings is 1. The Hall–Kier alpha value is -2.80.